The summed E-state index contributed by atoms with van der Waals surface area (Å²) in [4.78, 5) is 26.6. The third-order valence-corrected chi connectivity index (χ3v) is 4.42. The molecule has 0 spiro atoms. The Labute approximate surface area is 161 Å². The van der Waals surface area contributed by atoms with Gasteiger partial charge in [-0.25, -0.2) is 8.78 Å². The van der Waals surface area contributed by atoms with Crippen LogP contribution in [0.15, 0.2) is 49.1 Å². The SMILES string of the molecule is C=CCN1C(=O)C(C)(C)COc2cc(NC(=O)c3c(F)cccc3F)ccc21. The summed E-state index contributed by atoms with van der Waals surface area (Å²) in [5, 5.41) is 2.47. The number of rotatable bonds is 4. The largest absolute Gasteiger partial charge is 0.490 e. The zero-order chi connectivity index (χ0) is 20.5. The summed E-state index contributed by atoms with van der Waals surface area (Å²) >= 11 is 0. The number of anilines is 2. The lowest BCUT2D eigenvalue weighted by Crippen LogP contribution is -2.42. The van der Waals surface area contributed by atoms with Crippen LogP contribution >= 0.6 is 0 Å². The number of hydrogen-bond acceptors (Lipinski definition) is 3. The molecule has 1 N–H and O–H groups in total. The van der Waals surface area contributed by atoms with Gasteiger partial charge in [-0.05, 0) is 38.1 Å². The maximum atomic E-state index is 13.8. The minimum Gasteiger partial charge on any atom is -0.490 e. The van der Waals surface area contributed by atoms with E-state index in [1.54, 1.807) is 37.0 Å². The fraction of sp³-hybridized carbons (Fsp3) is 0.238. The average Bonchev–Trinajstić information content (AvgIpc) is 2.72. The van der Waals surface area contributed by atoms with Gasteiger partial charge in [-0.15, -0.1) is 6.58 Å². The lowest BCUT2D eigenvalue weighted by molar-refractivity contribution is -0.127. The number of hydrogen-bond donors (Lipinski definition) is 1. The molecule has 5 nitrogen and oxygen atoms in total. The van der Waals surface area contributed by atoms with E-state index < -0.39 is 28.5 Å². The predicted molar refractivity (Wildman–Crippen MR) is 103 cm³/mol. The van der Waals surface area contributed by atoms with Gasteiger partial charge in [-0.2, -0.15) is 0 Å². The number of amides is 2. The Morgan fingerprint density at radius 3 is 2.61 bits per heavy atom. The summed E-state index contributed by atoms with van der Waals surface area (Å²) in [6.45, 7) is 7.68. The van der Waals surface area contributed by atoms with E-state index in [1.165, 1.54) is 12.1 Å². The first-order valence-electron chi connectivity index (χ1n) is 8.69. The number of carbonyl (C=O) groups is 2. The number of nitrogens with zero attached hydrogens (tertiary/aromatic N) is 1. The highest BCUT2D eigenvalue weighted by Crippen LogP contribution is 2.38. The van der Waals surface area contributed by atoms with Crippen molar-refractivity contribution in [3.63, 3.8) is 0 Å². The van der Waals surface area contributed by atoms with Crippen LogP contribution in [0.4, 0.5) is 20.2 Å². The van der Waals surface area contributed by atoms with Crippen molar-refractivity contribution in [2.45, 2.75) is 13.8 Å². The highest BCUT2D eigenvalue weighted by molar-refractivity contribution is 6.05. The molecule has 2 amide bonds. The third-order valence-electron chi connectivity index (χ3n) is 4.42. The van der Waals surface area contributed by atoms with Gasteiger partial charge < -0.3 is 15.0 Å². The third kappa shape index (κ3) is 3.60. The second-order valence-corrected chi connectivity index (χ2v) is 7.11. The first-order chi connectivity index (χ1) is 13.2. The molecule has 2 aromatic carbocycles. The molecule has 1 aliphatic heterocycles. The van der Waals surface area contributed by atoms with Crippen LogP contribution in [0.5, 0.6) is 5.75 Å². The van der Waals surface area contributed by atoms with E-state index in [2.05, 4.69) is 11.9 Å². The van der Waals surface area contributed by atoms with Gasteiger partial charge in [0.2, 0.25) is 5.91 Å². The molecular weight excluding hydrogens is 366 g/mol. The zero-order valence-corrected chi connectivity index (χ0v) is 15.6. The van der Waals surface area contributed by atoms with Gasteiger partial charge in [0.05, 0.1) is 11.1 Å². The highest BCUT2D eigenvalue weighted by Gasteiger charge is 2.37. The quantitative estimate of drug-likeness (QED) is 0.803. The summed E-state index contributed by atoms with van der Waals surface area (Å²) < 4.78 is 33.4. The predicted octanol–water partition coefficient (Wildman–Crippen LogP) is 4.15. The van der Waals surface area contributed by atoms with Crippen LogP contribution in [0.2, 0.25) is 0 Å². The van der Waals surface area contributed by atoms with Crippen LogP contribution in [0.1, 0.15) is 24.2 Å². The maximum absolute atomic E-state index is 13.8. The van der Waals surface area contributed by atoms with Crippen molar-refractivity contribution < 1.29 is 23.1 Å². The Kier molecular flexibility index (Phi) is 5.18. The summed E-state index contributed by atoms with van der Waals surface area (Å²) in [5.41, 5.74) is -0.590. The van der Waals surface area contributed by atoms with E-state index in [4.69, 9.17) is 4.74 Å². The summed E-state index contributed by atoms with van der Waals surface area (Å²) in [6.07, 6.45) is 1.61. The second kappa shape index (κ2) is 7.42. The van der Waals surface area contributed by atoms with Crippen LogP contribution in [0.3, 0.4) is 0 Å². The van der Waals surface area contributed by atoms with Crippen LogP contribution in [-0.4, -0.2) is 25.0 Å². The van der Waals surface area contributed by atoms with E-state index in [0.29, 0.717) is 18.0 Å². The molecule has 1 heterocycles. The van der Waals surface area contributed by atoms with Gasteiger partial charge in [-0.3, -0.25) is 9.59 Å². The molecule has 0 radical (unpaired) electrons. The van der Waals surface area contributed by atoms with Gasteiger partial charge in [-0.1, -0.05) is 12.1 Å². The smallest absolute Gasteiger partial charge is 0.261 e. The molecule has 146 valence electrons. The molecule has 28 heavy (non-hydrogen) atoms. The van der Waals surface area contributed by atoms with Gasteiger partial charge in [0.15, 0.2) is 0 Å². The van der Waals surface area contributed by atoms with Crippen molar-refractivity contribution in [2.75, 3.05) is 23.4 Å². The van der Waals surface area contributed by atoms with Crippen molar-refractivity contribution >= 4 is 23.2 Å². The molecule has 0 saturated heterocycles. The average molecular weight is 386 g/mol. The van der Waals surface area contributed by atoms with Crippen molar-refractivity contribution in [2.24, 2.45) is 5.41 Å². The zero-order valence-electron chi connectivity index (χ0n) is 15.6. The Hall–Kier alpha value is -3.22. The normalized spacial score (nSPS) is 15.3. The lowest BCUT2D eigenvalue weighted by Gasteiger charge is -2.27. The highest BCUT2D eigenvalue weighted by atomic mass is 19.1. The van der Waals surface area contributed by atoms with Crippen molar-refractivity contribution in [1.29, 1.82) is 0 Å². The van der Waals surface area contributed by atoms with Gasteiger partial charge in [0.1, 0.15) is 29.6 Å². The molecule has 7 heteroatoms. The molecule has 0 fully saturated rings. The first kappa shape index (κ1) is 19.5. The number of benzene rings is 2. The number of carbonyl (C=O) groups excluding carboxylic acids is 2. The van der Waals surface area contributed by atoms with Crippen LogP contribution in [0.25, 0.3) is 0 Å². The van der Waals surface area contributed by atoms with E-state index in [0.717, 1.165) is 12.1 Å². The Balaban J connectivity index is 1.93. The van der Waals surface area contributed by atoms with E-state index >= 15 is 0 Å². The molecule has 0 aromatic heterocycles. The van der Waals surface area contributed by atoms with Crippen molar-refractivity contribution in [3.8, 4) is 5.75 Å². The summed E-state index contributed by atoms with van der Waals surface area (Å²) in [6, 6.07) is 7.89. The Bertz CT molecular complexity index is 936. The van der Waals surface area contributed by atoms with E-state index in [1.807, 2.05) is 0 Å². The molecule has 0 saturated carbocycles. The van der Waals surface area contributed by atoms with Gasteiger partial charge in [0.25, 0.3) is 5.91 Å². The molecule has 0 bridgehead atoms. The Morgan fingerprint density at radius 2 is 1.96 bits per heavy atom. The monoisotopic (exact) mass is 386 g/mol. The van der Waals surface area contributed by atoms with Crippen LogP contribution in [-0.2, 0) is 4.79 Å². The maximum Gasteiger partial charge on any atom is 0.261 e. The minimum atomic E-state index is -0.951. The molecule has 2 aromatic rings. The van der Waals surface area contributed by atoms with Crippen molar-refractivity contribution in [3.05, 3.63) is 66.3 Å². The molecule has 3 rings (SSSR count). The fourth-order valence-corrected chi connectivity index (χ4v) is 2.94. The van der Waals surface area contributed by atoms with Crippen LogP contribution in [0, 0.1) is 17.0 Å². The van der Waals surface area contributed by atoms with Crippen LogP contribution < -0.4 is 15.0 Å². The van der Waals surface area contributed by atoms with E-state index in [-0.39, 0.29) is 18.2 Å². The number of halogens is 2. The minimum absolute atomic E-state index is 0.114. The number of nitrogens with one attached hydrogen (secondary N) is 1. The fourth-order valence-electron chi connectivity index (χ4n) is 2.94. The molecule has 0 aliphatic carbocycles. The van der Waals surface area contributed by atoms with Crippen molar-refractivity contribution in [1.82, 2.24) is 0 Å². The molecule has 1 aliphatic rings. The summed E-state index contributed by atoms with van der Waals surface area (Å²) in [5.74, 6) is -2.55. The molecule has 0 atom stereocenters. The number of fused-ring (bicyclic) bond motifs is 1. The Morgan fingerprint density at radius 1 is 1.29 bits per heavy atom. The molecular formula is C21H20F2N2O3. The van der Waals surface area contributed by atoms with Gasteiger partial charge >= 0.3 is 0 Å². The topological polar surface area (TPSA) is 58.6 Å². The lowest BCUT2D eigenvalue weighted by atomic mass is 9.93. The molecule has 0 unspecified atom stereocenters. The van der Waals surface area contributed by atoms with Gasteiger partial charge in [0, 0.05) is 18.3 Å². The van der Waals surface area contributed by atoms with E-state index in [9.17, 15) is 18.4 Å². The standard InChI is InChI=1S/C21H20F2N2O3/c1-4-10-25-16-9-8-13(11-17(16)28-12-21(2,3)20(25)27)24-19(26)18-14(22)6-5-7-15(18)23/h4-9,11H,1,10,12H2,2-3H3,(H,24,26). The number of ether oxygens (including phenoxy) is 1. The second-order valence-electron chi connectivity index (χ2n) is 7.11. The summed E-state index contributed by atoms with van der Waals surface area (Å²) in [7, 11) is 0. The first-order valence-corrected chi connectivity index (χ1v) is 8.69.